The number of nitrogens with zero attached hydrogens (tertiary/aromatic N) is 1. The van der Waals surface area contributed by atoms with E-state index in [0.717, 1.165) is 12.1 Å². The molecule has 18 heavy (non-hydrogen) atoms. The average molecular weight is 236 g/mol. The van der Waals surface area contributed by atoms with E-state index in [4.69, 9.17) is 5.26 Å². The lowest BCUT2D eigenvalue weighted by Gasteiger charge is -2.14. The van der Waals surface area contributed by atoms with Crippen molar-refractivity contribution in [3.8, 4) is 6.07 Å². The van der Waals surface area contributed by atoms with E-state index >= 15 is 0 Å². The van der Waals surface area contributed by atoms with E-state index in [1.807, 2.05) is 42.5 Å². The molecule has 1 atom stereocenters. The van der Waals surface area contributed by atoms with Gasteiger partial charge in [-0.3, -0.25) is 0 Å². The Hall–Kier alpha value is -2.11. The van der Waals surface area contributed by atoms with E-state index in [1.165, 1.54) is 5.56 Å². The Kier molecular flexibility index (Phi) is 4.11. The van der Waals surface area contributed by atoms with Gasteiger partial charge in [-0.25, -0.2) is 0 Å². The number of rotatable bonds is 4. The monoisotopic (exact) mass is 236 g/mol. The van der Waals surface area contributed by atoms with Gasteiger partial charge in [0.05, 0.1) is 11.6 Å². The molecule has 0 unspecified atom stereocenters. The van der Waals surface area contributed by atoms with Gasteiger partial charge in [0.25, 0.3) is 0 Å². The predicted octanol–water partition coefficient (Wildman–Crippen LogP) is 3.41. The Morgan fingerprint density at radius 2 is 1.89 bits per heavy atom. The Labute approximate surface area is 108 Å². The summed E-state index contributed by atoms with van der Waals surface area (Å²) < 4.78 is 0. The van der Waals surface area contributed by atoms with Crippen LogP contribution in [0.1, 0.15) is 29.7 Å². The molecule has 2 nitrogen and oxygen atoms in total. The third-order valence-corrected chi connectivity index (χ3v) is 2.97. The molecule has 0 aliphatic heterocycles. The van der Waals surface area contributed by atoms with Gasteiger partial charge in [-0.2, -0.15) is 5.26 Å². The first kappa shape index (κ1) is 12.3. The fourth-order valence-corrected chi connectivity index (χ4v) is 1.88. The van der Waals surface area contributed by atoms with Crippen LogP contribution in [-0.4, -0.2) is 0 Å². The second kappa shape index (κ2) is 6.00. The van der Waals surface area contributed by atoms with Crippen molar-refractivity contribution in [2.24, 2.45) is 0 Å². The molecule has 0 aliphatic carbocycles. The normalized spacial score (nSPS) is 11.8. The minimum absolute atomic E-state index is 0.303. The smallest absolute Gasteiger partial charge is 0.0991 e. The van der Waals surface area contributed by atoms with Gasteiger partial charge in [0.15, 0.2) is 0 Å². The molecule has 90 valence electrons. The lowest BCUT2D eigenvalue weighted by Crippen LogP contribution is -2.17. The first-order valence-corrected chi connectivity index (χ1v) is 6.07. The van der Waals surface area contributed by atoms with Crippen LogP contribution in [0.4, 0.5) is 0 Å². The second-order valence-corrected chi connectivity index (χ2v) is 4.33. The summed E-state index contributed by atoms with van der Waals surface area (Å²) in [5.74, 6) is 0. The van der Waals surface area contributed by atoms with Crippen LogP contribution in [0.3, 0.4) is 0 Å². The quantitative estimate of drug-likeness (QED) is 0.883. The highest BCUT2D eigenvalue weighted by Crippen LogP contribution is 2.12. The van der Waals surface area contributed by atoms with Crippen LogP contribution < -0.4 is 5.32 Å². The maximum atomic E-state index is 8.85. The van der Waals surface area contributed by atoms with Gasteiger partial charge in [0.2, 0.25) is 0 Å². The van der Waals surface area contributed by atoms with Crippen LogP contribution in [0.2, 0.25) is 0 Å². The van der Waals surface area contributed by atoms with E-state index in [-0.39, 0.29) is 0 Å². The summed E-state index contributed by atoms with van der Waals surface area (Å²) in [6, 6.07) is 20.5. The molecule has 0 aliphatic rings. The number of nitriles is 1. The molecule has 1 N–H and O–H groups in total. The van der Waals surface area contributed by atoms with Crippen LogP contribution in [0.25, 0.3) is 0 Å². The van der Waals surface area contributed by atoms with Crippen molar-refractivity contribution in [1.82, 2.24) is 5.32 Å². The molecule has 0 aromatic heterocycles. The molecule has 2 rings (SSSR count). The van der Waals surface area contributed by atoms with Crippen molar-refractivity contribution in [3.63, 3.8) is 0 Å². The van der Waals surface area contributed by atoms with Crippen LogP contribution in [0.15, 0.2) is 54.6 Å². The molecule has 0 radical (unpaired) electrons. The molecule has 0 saturated carbocycles. The molecule has 2 heteroatoms. The fourth-order valence-electron chi connectivity index (χ4n) is 1.88. The van der Waals surface area contributed by atoms with Crippen molar-refractivity contribution in [3.05, 3.63) is 71.3 Å². The van der Waals surface area contributed by atoms with Crippen LogP contribution in [0, 0.1) is 11.3 Å². The Morgan fingerprint density at radius 1 is 1.11 bits per heavy atom. The topological polar surface area (TPSA) is 35.8 Å². The van der Waals surface area contributed by atoms with Crippen LogP contribution in [0.5, 0.6) is 0 Å². The average Bonchev–Trinajstić information content (AvgIpc) is 2.46. The second-order valence-electron chi connectivity index (χ2n) is 4.33. The highest BCUT2D eigenvalue weighted by atomic mass is 14.9. The van der Waals surface area contributed by atoms with Crippen LogP contribution in [-0.2, 0) is 6.54 Å². The van der Waals surface area contributed by atoms with Crippen molar-refractivity contribution in [1.29, 1.82) is 5.26 Å². The largest absolute Gasteiger partial charge is 0.306 e. The zero-order valence-electron chi connectivity index (χ0n) is 10.4. The van der Waals surface area contributed by atoms with Gasteiger partial charge >= 0.3 is 0 Å². The summed E-state index contributed by atoms with van der Waals surface area (Å²) in [6.45, 7) is 2.91. The lowest BCUT2D eigenvalue weighted by atomic mass is 10.1. The minimum atomic E-state index is 0.303. The molecule has 0 bridgehead atoms. The minimum Gasteiger partial charge on any atom is -0.306 e. The lowest BCUT2D eigenvalue weighted by molar-refractivity contribution is 0.574. The number of benzene rings is 2. The summed E-state index contributed by atoms with van der Waals surface area (Å²) in [5.41, 5.74) is 3.12. The molecular weight excluding hydrogens is 220 g/mol. The van der Waals surface area contributed by atoms with Gasteiger partial charge < -0.3 is 5.32 Å². The standard InChI is InChI=1S/C16H16N2/c1-13(16-8-3-2-4-9-16)18-12-15-7-5-6-14(10-15)11-17/h2-10,13,18H,12H2,1H3/t13-/m0/s1. The Bertz CT molecular complexity index is 541. The summed E-state index contributed by atoms with van der Waals surface area (Å²) in [7, 11) is 0. The maximum Gasteiger partial charge on any atom is 0.0991 e. The predicted molar refractivity (Wildman–Crippen MR) is 72.9 cm³/mol. The Balaban J connectivity index is 1.97. The molecule has 0 heterocycles. The number of hydrogen-bond donors (Lipinski definition) is 1. The van der Waals surface area contributed by atoms with Gasteiger partial charge in [0.1, 0.15) is 0 Å². The third kappa shape index (κ3) is 3.19. The zero-order valence-corrected chi connectivity index (χ0v) is 10.4. The van der Waals surface area contributed by atoms with E-state index < -0.39 is 0 Å². The SMILES string of the molecule is C[C@H](NCc1cccc(C#N)c1)c1ccccc1. The van der Waals surface area contributed by atoms with E-state index in [9.17, 15) is 0 Å². The number of hydrogen-bond acceptors (Lipinski definition) is 2. The highest BCUT2D eigenvalue weighted by molar-refractivity contribution is 5.32. The molecule has 0 spiro atoms. The van der Waals surface area contributed by atoms with Gasteiger partial charge in [0, 0.05) is 12.6 Å². The molecular formula is C16H16N2. The molecule has 0 saturated heterocycles. The van der Waals surface area contributed by atoms with Crippen molar-refractivity contribution < 1.29 is 0 Å². The number of nitrogens with one attached hydrogen (secondary N) is 1. The van der Waals surface area contributed by atoms with Crippen molar-refractivity contribution in [2.75, 3.05) is 0 Å². The van der Waals surface area contributed by atoms with E-state index in [1.54, 1.807) is 0 Å². The molecule has 2 aromatic rings. The third-order valence-electron chi connectivity index (χ3n) is 2.97. The zero-order chi connectivity index (χ0) is 12.8. The maximum absolute atomic E-state index is 8.85. The fraction of sp³-hybridized carbons (Fsp3) is 0.188. The van der Waals surface area contributed by atoms with Gasteiger partial charge in [-0.1, -0.05) is 42.5 Å². The Morgan fingerprint density at radius 3 is 2.61 bits per heavy atom. The first-order valence-electron chi connectivity index (χ1n) is 6.07. The highest BCUT2D eigenvalue weighted by Gasteiger charge is 2.03. The van der Waals surface area contributed by atoms with Crippen molar-refractivity contribution >= 4 is 0 Å². The molecule has 0 amide bonds. The van der Waals surface area contributed by atoms with Gasteiger partial charge in [-0.05, 0) is 30.2 Å². The summed E-state index contributed by atoms with van der Waals surface area (Å²) in [6.07, 6.45) is 0. The van der Waals surface area contributed by atoms with E-state index in [2.05, 4.69) is 30.4 Å². The summed E-state index contributed by atoms with van der Waals surface area (Å²) in [5, 5.41) is 12.3. The summed E-state index contributed by atoms with van der Waals surface area (Å²) in [4.78, 5) is 0. The summed E-state index contributed by atoms with van der Waals surface area (Å²) >= 11 is 0. The van der Waals surface area contributed by atoms with Crippen molar-refractivity contribution in [2.45, 2.75) is 19.5 Å². The molecule has 0 fully saturated rings. The first-order chi connectivity index (χ1) is 8.79. The van der Waals surface area contributed by atoms with E-state index in [0.29, 0.717) is 11.6 Å². The van der Waals surface area contributed by atoms with Crippen LogP contribution >= 0.6 is 0 Å². The van der Waals surface area contributed by atoms with Gasteiger partial charge in [-0.15, -0.1) is 0 Å². The molecule has 2 aromatic carbocycles.